The van der Waals surface area contributed by atoms with Crippen molar-refractivity contribution >= 4 is 5.91 Å². The van der Waals surface area contributed by atoms with Crippen molar-refractivity contribution in [1.29, 1.82) is 0 Å². The second kappa shape index (κ2) is 10.5. The van der Waals surface area contributed by atoms with E-state index in [0.29, 0.717) is 18.9 Å². The molecule has 0 fully saturated rings. The van der Waals surface area contributed by atoms with Crippen molar-refractivity contribution in [1.82, 2.24) is 14.5 Å². The van der Waals surface area contributed by atoms with Gasteiger partial charge >= 0.3 is 0 Å². The fourth-order valence-corrected chi connectivity index (χ4v) is 3.22. The number of hydrogen-bond donors (Lipinski definition) is 0. The van der Waals surface area contributed by atoms with E-state index in [1.165, 1.54) is 31.4 Å². The molecular formula is C19H33N3O2. The zero-order valence-electron chi connectivity index (χ0n) is 15.4. The Hall–Kier alpha value is -1.36. The summed E-state index contributed by atoms with van der Waals surface area (Å²) in [6.07, 6.45) is 10.3. The molecule has 1 amide bonds. The Morgan fingerprint density at radius 2 is 1.92 bits per heavy atom. The third kappa shape index (κ3) is 5.62. The zero-order valence-corrected chi connectivity index (χ0v) is 15.4. The molecule has 1 aliphatic rings. The van der Waals surface area contributed by atoms with Crippen LogP contribution in [0.3, 0.4) is 0 Å². The Balaban J connectivity index is 1.85. The molecule has 5 heteroatoms. The topological polar surface area (TPSA) is 47.4 Å². The van der Waals surface area contributed by atoms with E-state index in [1.54, 1.807) is 0 Å². The van der Waals surface area contributed by atoms with E-state index >= 15 is 0 Å². The van der Waals surface area contributed by atoms with Gasteiger partial charge in [0.15, 0.2) is 0 Å². The number of fused-ring (bicyclic) bond motifs is 1. The van der Waals surface area contributed by atoms with Crippen LogP contribution in [-0.2, 0) is 29.1 Å². The third-order valence-corrected chi connectivity index (χ3v) is 4.72. The summed E-state index contributed by atoms with van der Waals surface area (Å²) >= 11 is 0. The molecular weight excluding hydrogens is 302 g/mol. The van der Waals surface area contributed by atoms with E-state index in [2.05, 4.69) is 28.3 Å². The SMILES string of the molecule is CCCCCN(CCCCC)C(=O)CCc1cnc2n1CCOC2. The molecule has 0 unspecified atom stereocenters. The van der Waals surface area contributed by atoms with Gasteiger partial charge in [-0.2, -0.15) is 0 Å². The summed E-state index contributed by atoms with van der Waals surface area (Å²) in [4.78, 5) is 19.2. The van der Waals surface area contributed by atoms with E-state index in [1.807, 2.05) is 6.20 Å². The first-order chi connectivity index (χ1) is 11.8. The van der Waals surface area contributed by atoms with Crippen molar-refractivity contribution in [2.24, 2.45) is 0 Å². The van der Waals surface area contributed by atoms with Gasteiger partial charge in [0.2, 0.25) is 5.91 Å². The molecule has 1 aliphatic heterocycles. The summed E-state index contributed by atoms with van der Waals surface area (Å²) in [5, 5.41) is 0. The van der Waals surface area contributed by atoms with Crippen molar-refractivity contribution in [3.8, 4) is 0 Å². The molecule has 0 aromatic carbocycles. The molecule has 2 heterocycles. The predicted molar refractivity (Wildman–Crippen MR) is 95.8 cm³/mol. The zero-order chi connectivity index (χ0) is 17.2. The van der Waals surface area contributed by atoms with Gasteiger partial charge in [-0.15, -0.1) is 0 Å². The Bertz CT molecular complexity index is 489. The maximum atomic E-state index is 12.7. The first kappa shape index (κ1) is 19.0. The summed E-state index contributed by atoms with van der Waals surface area (Å²) < 4.78 is 7.64. The second-order valence-electron chi connectivity index (χ2n) is 6.66. The maximum absolute atomic E-state index is 12.7. The van der Waals surface area contributed by atoms with Gasteiger partial charge in [-0.3, -0.25) is 4.79 Å². The van der Waals surface area contributed by atoms with Crippen LogP contribution in [0.4, 0.5) is 0 Å². The maximum Gasteiger partial charge on any atom is 0.222 e. The molecule has 0 aliphatic carbocycles. The van der Waals surface area contributed by atoms with E-state index < -0.39 is 0 Å². The lowest BCUT2D eigenvalue weighted by atomic mass is 10.1. The lowest BCUT2D eigenvalue weighted by Gasteiger charge is -2.23. The fraction of sp³-hybridized carbons (Fsp3) is 0.789. The average molecular weight is 335 g/mol. The minimum Gasteiger partial charge on any atom is -0.372 e. The highest BCUT2D eigenvalue weighted by Crippen LogP contribution is 2.14. The molecule has 0 atom stereocenters. The standard InChI is InChI=1S/C19H33N3O2/c1-3-5-7-11-21(12-8-6-4-2)19(23)10-9-17-15-20-18-16-24-14-13-22(17)18/h15H,3-14,16H2,1-2H3. The Morgan fingerprint density at radius 1 is 1.21 bits per heavy atom. The third-order valence-electron chi connectivity index (χ3n) is 4.72. The lowest BCUT2D eigenvalue weighted by molar-refractivity contribution is -0.131. The van der Waals surface area contributed by atoms with Gasteiger partial charge in [0.1, 0.15) is 12.4 Å². The van der Waals surface area contributed by atoms with Crippen molar-refractivity contribution < 1.29 is 9.53 Å². The van der Waals surface area contributed by atoms with Crippen LogP contribution in [0.1, 0.15) is 70.3 Å². The summed E-state index contributed by atoms with van der Waals surface area (Å²) in [7, 11) is 0. The minimum atomic E-state index is 0.296. The fourth-order valence-electron chi connectivity index (χ4n) is 3.22. The van der Waals surface area contributed by atoms with Gasteiger partial charge in [0.25, 0.3) is 0 Å². The van der Waals surface area contributed by atoms with Crippen LogP contribution in [0.2, 0.25) is 0 Å². The van der Waals surface area contributed by atoms with E-state index in [4.69, 9.17) is 4.74 Å². The van der Waals surface area contributed by atoms with Crippen molar-refractivity contribution in [3.63, 3.8) is 0 Å². The van der Waals surface area contributed by atoms with Gasteiger partial charge < -0.3 is 14.2 Å². The van der Waals surface area contributed by atoms with Crippen molar-refractivity contribution in [2.45, 2.75) is 78.4 Å². The van der Waals surface area contributed by atoms with Crippen molar-refractivity contribution in [3.05, 3.63) is 17.7 Å². The number of unbranched alkanes of at least 4 members (excludes halogenated alkanes) is 4. The number of amides is 1. The van der Waals surface area contributed by atoms with E-state index in [0.717, 1.165) is 51.3 Å². The number of aryl methyl sites for hydroxylation is 1. The van der Waals surface area contributed by atoms with Crippen LogP contribution in [0, 0.1) is 0 Å². The average Bonchev–Trinajstić information content (AvgIpc) is 3.02. The Labute approximate surface area is 146 Å². The van der Waals surface area contributed by atoms with Crippen molar-refractivity contribution in [2.75, 3.05) is 19.7 Å². The summed E-state index contributed by atoms with van der Waals surface area (Å²) in [5.41, 5.74) is 1.17. The van der Waals surface area contributed by atoms with Gasteiger partial charge in [-0.05, 0) is 19.3 Å². The van der Waals surface area contributed by atoms with Crippen LogP contribution in [0.25, 0.3) is 0 Å². The number of imidazole rings is 1. The molecule has 0 saturated carbocycles. The Morgan fingerprint density at radius 3 is 2.58 bits per heavy atom. The summed E-state index contributed by atoms with van der Waals surface area (Å²) in [6.45, 7) is 8.42. The van der Waals surface area contributed by atoms with Crippen LogP contribution in [0.15, 0.2) is 6.20 Å². The molecule has 0 N–H and O–H groups in total. The highest BCUT2D eigenvalue weighted by Gasteiger charge is 2.17. The number of hydrogen-bond acceptors (Lipinski definition) is 3. The molecule has 0 saturated heterocycles. The number of carbonyl (C=O) groups excluding carboxylic acids is 1. The first-order valence-corrected chi connectivity index (χ1v) is 9.65. The molecule has 1 aromatic rings. The molecule has 0 radical (unpaired) electrons. The molecule has 1 aromatic heterocycles. The molecule has 0 bridgehead atoms. The first-order valence-electron chi connectivity index (χ1n) is 9.65. The largest absolute Gasteiger partial charge is 0.372 e. The highest BCUT2D eigenvalue weighted by atomic mass is 16.5. The smallest absolute Gasteiger partial charge is 0.222 e. The number of rotatable bonds is 11. The molecule has 0 spiro atoms. The minimum absolute atomic E-state index is 0.296. The summed E-state index contributed by atoms with van der Waals surface area (Å²) in [6, 6.07) is 0. The van der Waals surface area contributed by atoms with Gasteiger partial charge in [-0.25, -0.2) is 4.98 Å². The van der Waals surface area contributed by atoms with Crippen LogP contribution < -0.4 is 0 Å². The van der Waals surface area contributed by atoms with Gasteiger partial charge in [-0.1, -0.05) is 39.5 Å². The van der Waals surface area contributed by atoms with E-state index in [-0.39, 0.29) is 0 Å². The molecule has 5 nitrogen and oxygen atoms in total. The highest BCUT2D eigenvalue weighted by molar-refractivity contribution is 5.76. The van der Waals surface area contributed by atoms with Crippen LogP contribution >= 0.6 is 0 Å². The molecule has 136 valence electrons. The number of ether oxygens (including phenoxy) is 1. The monoisotopic (exact) mass is 335 g/mol. The number of aromatic nitrogens is 2. The van der Waals surface area contributed by atoms with Gasteiger partial charge in [0.05, 0.1) is 6.61 Å². The summed E-state index contributed by atoms with van der Waals surface area (Å²) in [5.74, 6) is 1.29. The second-order valence-corrected chi connectivity index (χ2v) is 6.66. The number of carbonyl (C=O) groups is 1. The molecule has 24 heavy (non-hydrogen) atoms. The Kier molecular flexibility index (Phi) is 8.29. The van der Waals surface area contributed by atoms with E-state index in [9.17, 15) is 4.79 Å². The molecule has 2 rings (SSSR count). The lowest BCUT2D eigenvalue weighted by Crippen LogP contribution is -2.33. The predicted octanol–water partition coefficient (Wildman–Crippen LogP) is 3.55. The van der Waals surface area contributed by atoms with Crippen LogP contribution in [-0.4, -0.2) is 40.1 Å². The quantitative estimate of drug-likeness (QED) is 0.581. The van der Waals surface area contributed by atoms with Gasteiger partial charge in [0, 0.05) is 37.9 Å². The number of nitrogens with zero attached hydrogens (tertiary/aromatic N) is 3. The normalized spacial score (nSPS) is 13.8. The van der Waals surface area contributed by atoms with Crippen LogP contribution in [0.5, 0.6) is 0 Å².